The van der Waals surface area contributed by atoms with Crippen LogP contribution in [0.15, 0.2) is 12.1 Å². The molecule has 0 aliphatic heterocycles. The Bertz CT molecular complexity index is 553. The summed E-state index contributed by atoms with van der Waals surface area (Å²) < 4.78 is 18.1. The Kier molecular flexibility index (Phi) is 6.01. The highest BCUT2D eigenvalue weighted by Gasteiger charge is 2.27. The third-order valence-corrected chi connectivity index (χ3v) is 2.95. The van der Waals surface area contributed by atoms with E-state index < -0.39 is 41.0 Å². The number of ether oxygens (including phenoxy) is 1. The first-order valence-corrected chi connectivity index (χ1v) is 6.30. The van der Waals surface area contributed by atoms with E-state index in [0.29, 0.717) is 6.07 Å². The summed E-state index contributed by atoms with van der Waals surface area (Å²) >= 11 is 5.72. The SMILES string of the molecule is CCOC(=O)CC(O)C(O)c1cc(F)c([N+](=O)[O-])cc1Cl. The zero-order valence-electron chi connectivity index (χ0n) is 11.0. The van der Waals surface area contributed by atoms with Gasteiger partial charge >= 0.3 is 11.7 Å². The number of hydrogen-bond donors (Lipinski definition) is 2. The molecular formula is C12H13ClFNO6. The lowest BCUT2D eigenvalue weighted by Gasteiger charge is -2.18. The molecule has 0 spiro atoms. The van der Waals surface area contributed by atoms with Crippen molar-refractivity contribution in [2.45, 2.75) is 25.6 Å². The molecule has 7 nitrogen and oxygen atoms in total. The van der Waals surface area contributed by atoms with Crippen LogP contribution in [0.4, 0.5) is 10.1 Å². The van der Waals surface area contributed by atoms with E-state index in [1.807, 2.05) is 0 Å². The zero-order chi connectivity index (χ0) is 16.2. The number of aliphatic hydroxyl groups is 2. The lowest BCUT2D eigenvalue weighted by molar-refractivity contribution is -0.387. The summed E-state index contributed by atoms with van der Waals surface area (Å²) in [5.41, 5.74) is -1.10. The number of hydrogen-bond acceptors (Lipinski definition) is 6. The summed E-state index contributed by atoms with van der Waals surface area (Å²) in [7, 11) is 0. The Labute approximate surface area is 124 Å². The van der Waals surface area contributed by atoms with E-state index in [4.69, 9.17) is 11.6 Å². The van der Waals surface area contributed by atoms with Gasteiger partial charge in [-0.2, -0.15) is 4.39 Å². The van der Waals surface area contributed by atoms with Crippen molar-refractivity contribution in [2.24, 2.45) is 0 Å². The van der Waals surface area contributed by atoms with Crippen LogP contribution in [0.5, 0.6) is 0 Å². The number of rotatable bonds is 6. The molecule has 116 valence electrons. The van der Waals surface area contributed by atoms with Gasteiger partial charge < -0.3 is 14.9 Å². The van der Waals surface area contributed by atoms with Crippen molar-refractivity contribution in [3.8, 4) is 0 Å². The number of carbonyl (C=O) groups excluding carboxylic acids is 1. The molecule has 9 heteroatoms. The lowest BCUT2D eigenvalue weighted by Crippen LogP contribution is -2.23. The monoisotopic (exact) mass is 321 g/mol. The highest BCUT2D eigenvalue weighted by molar-refractivity contribution is 6.31. The molecule has 2 N–H and O–H groups in total. The van der Waals surface area contributed by atoms with Gasteiger partial charge in [-0.05, 0) is 13.0 Å². The van der Waals surface area contributed by atoms with Crippen molar-refractivity contribution in [1.29, 1.82) is 0 Å². The van der Waals surface area contributed by atoms with Crippen LogP contribution in [0.2, 0.25) is 5.02 Å². The van der Waals surface area contributed by atoms with Gasteiger partial charge in [-0.3, -0.25) is 14.9 Å². The van der Waals surface area contributed by atoms with Crippen LogP contribution in [0.25, 0.3) is 0 Å². The van der Waals surface area contributed by atoms with Crippen LogP contribution >= 0.6 is 11.6 Å². The minimum Gasteiger partial charge on any atom is -0.466 e. The number of benzene rings is 1. The number of halogens is 2. The lowest BCUT2D eigenvalue weighted by atomic mass is 10.0. The van der Waals surface area contributed by atoms with Crippen molar-refractivity contribution in [1.82, 2.24) is 0 Å². The zero-order valence-corrected chi connectivity index (χ0v) is 11.7. The molecule has 1 rings (SSSR count). The normalized spacial score (nSPS) is 13.6. The van der Waals surface area contributed by atoms with Crippen molar-refractivity contribution in [3.05, 3.63) is 38.7 Å². The molecule has 0 aliphatic rings. The van der Waals surface area contributed by atoms with E-state index in [-0.39, 0.29) is 17.2 Å². The number of nitro benzene ring substituents is 1. The molecule has 2 unspecified atom stereocenters. The number of carbonyl (C=O) groups is 1. The number of aliphatic hydroxyl groups excluding tert-OH is 2. The number of nitro groups is 1. The fourth-order valence-corrected chi connectivity index (χ4v) is 1.90. The number of esters is 1. The summed E-state index contributed by atoms with van der Waals surface area (Å²) in [6.07, 6.45) is -3.79. The average Bonchev–Trinajstić information content (AvgIpc) is 2.39. The fourth-order valence-electron chi connectivity index (χ4n) is 1.63. The number of nitrogens with zero attached hydrogens (tertiary/aromatic N) is 1. The quantitative estimate of drug-likeness (QED) is 0.469. The summed E-state index contributed by atoms with van der Waals surface area (Å²) in [6, 6.07) is 1.38. The maximum atomic E-state index is 13.5. The minimum atomic E-state index is -1.68. The Morgan fingerprint density at radius 1 is 1.52 bits per heavy atom. The van der Waals surface area contributed by atoms with Crippen LogP contribution in [0, 0.1) is 15.9 Å². The molecule has 2 atom stereocenters. The van der Waals surface area contributed by atoms with Crippen molar-refractivity contribution < 1.29 is 29.1 Å². The predicted octanol–water partition coefficient (Wildman–Crippen LogP) is 1.73. The highest BCUT2D eigenvalue weighted by Crippen LogP contribution is 2.32. The minimum absolute atomic E-state index is 0.106. The Balaban J connectivity index is 2.97. The van der Waals surface area contributed by atoms with Crippen LogP contribution in [-0.4, -0.2) is 33.8 Å². The summed E-state index contributed by atoms with van der Waals surface area (Å²) in [6.45, 7) is 1.68. The second-order valence-electron chi connectivity index (χ2n) is 4.10. The Hall–Kier alpha value is -1.77. The molecule has 0 aliphatic carbocycles. The fraction of sp³-hybridized carbons (Fsp3) is 0.417. The summed E-state index contributed by atoms with van der Waals surface area (Å²) in [5, 5.41) is 29.8. The highest BCUT2D eigenvalue weighted by atomic mass is 35.5. The van der Waals surface area contributed by atoms with Gasteiger partial charge in [0.2, 0.25) is 5.82 Å². The average molecular weight is 322 g/mol. The first-order valence-electron chi connectivity index (χ1n) is 5.93. The smallest absolute Gasteiger partial charge is 0.308 e. The van der Waals surface area contributed by atoms with Gasteiger partial charge in [-0.15, -0.1) is 0 Å². The van der Waals surface area contributed by atoms with Crippen molar-refractivity contribution >= 4 is 23.3 Å². The van der Waals surface area contributed by atoms with E-state index in [0.717, 1.165) is 6.07 Å². The van der Waals surface area contributed by atoms with Gasteiger partial charge in [-0.25, -0.2) is 0 Å². The molecule has 0 amide bonds. The Morgan fingerprint density at radius 3 is 2.67 bits per heavy atom. The molecule has 1 aromatic rings. The van der Waals surface area contributed by atoms with Crippen LogP contribution < -0.4 is 0 Å². The molecule has 0 aromatic heterocycles. The van der Waals surface area contributed by atoms with E-state index in [1.165, 1.54) is 0 Å². The van der Waals surface area contributed by atoms with Gasteiger partial charge in [0.25, 0.3) is 0 Å². The van der Waals surface area contributed by atoms with Crippen LogP contribution in [0.1, 0.15) is 25.0 Å². The van der Waals surface area contributed by atoms with E-state index in [1.54, 1.807) is 6.92 Å². The first-order chi connectivity index (χ1) is 9.77. The van der Waals surface area contributed by atoms with Crippen LogP contribution in [0.3, 0.4) is 0 Å². The van der Waals surface area contributed by atoms with E-state index in [9.17, 15) is 29.5 Å². The Morgan fingerprint density at radius 2 is 2.14 bits per heavy atom. The van der Waals surface area contributed by atoms with Gasteiger partial charge in [0.1, 0.15) is 6.10 Å². The summed E-state index contributed by atoms with van der Waals surface area (Å²) in [4.78, 5) is 20.8. The van der Waals surface area contributed by atoms with E-state index >= 15 is 0 Å². The van der Waals surface area contributed by atoms with Crippen LogP contribution in [-0.2, 0) is 9.53 Å². The van der Waals surface area contributed by atoms with Gasteiger partial charge in [0.15, 0.2) is 0 Å². The maximum absolute atomic E-state index is 13.5. The second-order valence-corrected chi connectivity index (χ2v) is 4.51. The molecule has 0 saturated carbocycles. The summed E-state index contributed by atoms with van der Waals surface area (Å²) in [5.74, 6) is -1.95. The molecule has 1 aromatic carbocycles. The molecule has 0 heterocycles. The van der Waals surface area contributed by atoms with Gasteiger partial charge in [-0.1, -0.05) is 11.6 Å². The van der Waals surface area contributed by atoms with Crippen molar-refractivity contribution in [2.75, 3.05) is 6.61 Å². The van der Waals surface area contributed by atoms with E-state index in [2.05, 4.69) is 4.74 Å². The molecule has 0 fully saturated rings. The van der Waals surface area contributed by atoms with Gasteiger partial charge in [0, 0.05) is 11.6 Å². The van der Waals surface area contributed by atoms with Crippen molar-refractivity contribution in [3.63, 3.8) is 0 Å². The first kappa shape index (κ1) is 17.3. The largest absolute Gasteiger partial charge is 0.466 e. The topological polar surface area (TPSA) is 110 Å². The molecule has 0 bridgehead atoms. The maximum Gasteiger partial charge on any atom is 0.308 e. The third-order valence-electron chi connectivity index (χ3n) is 2.63. The molecule has 0 radical (unpaired) electrons. The third kappa shape index (κ3) is 4.35. The molecular weight excluding hydrogens is 309 g/mol. The second kappa shape index (κ2) is 7.30. The molecule has 21 heavy (non-hydrogen) atoms. The standard InChI is InChI=1S/C12H13ClFNO6/c1-2-21-11(17)5-10(16)12(18)6-3-8(14)9(15(19)20)4-7(6)13/h3-4,10,12,16,18H,2,5H2,1H3. The predicted molar refractivity (Wildman–Crippen MR) is 70.3 cm³/mol. The van der Waals surface area contributed by atoms with Gasteiger partial charge in [0.05, 0.1) is 29.1 Å². The molecule has 0 saturated heterocycles.